The second-order valence-electron chi connectivity index (χ2n) is 9.48. The van der Waals surface area contributed by atoms with Gasteiger partial charge in [-0.1, -0.05) is 48.5 Å². The molecule has 0 saturated carbocycles. The highest BCUT2D eigenvalue weighted by Crippen LogP contribution is 2.26. The van der Waals surface area contributed by atoms with Crippen molar-refractivity contribution in [1.29, 1.82) is 0 Å². The van der Waals surface area contributed by atoms with Gasteiger partial charge in [-0.25, -0.2) is 19.2 Å². The Labute approximate surface area is 238 Å². The Balaban J connectivity index is 0.000000304. The van der Waals surface area contributed by atoms with Crippen LogP contribution in [-0.4, -0.2) is 91.9 Å². The van der Waals surface area contributed by atoms with Crippen molar-refractivity contribution in [3.63, 3.8) is 0 Å². The molecule has 1 heterocycles. The molecule has 0 amide bonds. The van der Waals surface area contributed by atoms with Crippen LogP contribution in [0.5, 0.6) is 0 Å². The molecule has 0 bridgehead atoms. The van der Waals surface area contributed by atoms with E-state index >= 15 is 0 Å². The van der Waals surface area contributed by atoms with Crippen LogP contribution < -0.4 is 0 Å². The van der Waals surface area contributed by atoms with E-state index in [2.05, 4.69) is 58.3 Å². The highest BCUT2D eigenvalue weighted by atomic mass is 16.4. The molecular weight excluding hydrogens is 532 g/mol. The van der Waals surface area contributed by atoms with Gasteiger partial charge in [-0.05, 0) is 41.5 Å². The summed E-state index contributed by atoms with van der Waals surface area (Å²) in [6, 6.07) is 17.3. The zero-order valence-electron chi connectivity index (χ0n) is 22.6. The molecule has 0 spiro atoms. The second kappa shape index (κ2) is 17.4. The number of carboxylic acids is 4. The number of carbonyl (C=O) groups is 4. The van der Waals surface area contributed by atoms with Crippen molar-refractivity contribution < 1.29 is 44.7 Å². The maximum absolute atomic E-state index is 10.6. The molecule has 11 nitrogen and oxygen atoms in total. The molecule has 2 aromatic carbocycles. The molecule has 0 aromatic heterocycles. The third-order valence-electron chi connectivity index (χ3n) is 6.39. The molecular formula is C30H36N2O9. The summed E-state index contributed by atoms with van der Waals surface area (Å²) < 4.78 is 0. The molecule has 1 fully saturated rings. The maximum atomic E-state index is 10.6. The summed E-state index contributed by atoms with van der Waals surface area (Å²) in [6.07, 6.45) is 5.50. The van der Waals surface area contributed by atoms with Gasteiger partial charge in [0.2, 0.25) is 0 Å². The Kier molecular flexibility index (Phi) is 13.9. The largest absolute Gasteiger partial charge is 0.478 e. The number of hydrogen-bond donors (Lipinski definition) is 5. The predicted molar refractivity (Wildman–Crippen MR) is 150 cm³/mol. The summed E-state index contributed by atoms with van der Waals surface area (Å²) in [6.45, 7) is 6.00. The van der Waals surface area contributed by atoms with Crippen LogP contribution in [-0.2, 0) is 38.6 Å². The SMILES string of the molecule is O=C(O)/C=C\C(=O)O.O=C(O)/C=C\C(=O)O.OC(CN1CCN(Cc2ccccc2)CC1)c1ccc2c(c1)CCC2. The number of fused-ring (bicyclic) bond motifs is 1. The molecule has 1 atom stereocenters. The van der Waals surface area contributed by atoms with Gasteiger partial charge >= 0.3 is 23.9 Å². The number of aliphatic carboxylic acids is 4. The van der Waals surface area contributed by atoms with Crippen molar-refractivity contribution >= 4 is 23.9 Å². The third-order valence-corrected chi connectivity index (χ3v) is 6.39. The fourth-order valence-corrected chi connectivity index (χ4v) is 4.41. The van der Waals surface area contributed by atoms with Crippen LogP contribution in [0.25, 0.3) is 0 Å². The summed E-state index contributed by atoms with van der Waals surface area (Å²) in [7, 11) is 0. The van der Waals surface area contributed by atoms with Gasteiger partial charge in [0.25, 0.3) is 0 Å². The zero-order chi connectivity index (χ0) is 30.2. The van der Waals surface area contributed by atoms with E-state index in [1.54, 1.807) is 0 Å². The lowest BCUT2D eigenvalue weighted by Crippen LogP contribution is -2.47. The van der Waals surface area contributed by atoms with Crippen molar-refractivity contribution in [1.82, 2.24) is 9.80 Å². The number of benzene rings is 2. The summed E-state index contributed by atoms with van der Waals surface area (Å²) in [5, 5.41) is 41.9. The van der Waals surface area contributed by atoms with E-state index in [0.717, 1.165) is 44.8 Å². The molecule has 41 heavy (non-hydrogen) atoms. The average Bonchev–Trinajstić information content (AvgIpc) is 3.41. The Morgan fingerprint density at radius 2 is 1.17 bits per heavy atom. The number of hydrogen-bond acceptors (Lipinski definition) is 7. The average molecular weight is 569 g/mol. The van der Waals surface area contributed by atoms with Crippen LogP contribution in [0.4, 0.5) is 0 Å². The van der Waals surface area contributed by atoms with E-state index in [0.29, 0.717) is 24.3 Å². The number of rotatable bonds is 9. The Morgan fingerprint density at radius 3 is 1.68 bits per heavy atom. The fourth-order valence-electron chi connectivity index (χ4n) is 4.41. The van der Waals surface area contributed by atoms with Gasteiger partial charge in [-0.2, -0.15) is 0 Å². The van der Waals surface area contributed by atoms with Crippen LogP contribution in [0.15, 0.2) is 72.8 Å². The molecule has 220 valence electrons. The van der Waals surface area contributed by atoms with Gasteiger partial charge in [0.05, 0.1) is 6.10 Å². The minimum Gasteiger partial charge on any atom is -0.478 e. The Morgan fingerprint density at radius 1 is 0.683 bits per heavy atom. The normalized spacial score (nSPS) is 15.7. The predicted octanol–water partition coefficient (Wildman–Crippen LogP) is 2.45. The first kappa shape index (κ1) is 32.9. The second-order valence-corrected chi connectivity index (χ2v) is 9.48. The molecule has 2 aromatic rings. The van der Waals surface area contributed by atoms with Crippen LogP contribution in [0.2, 0.25) is 0 Å². The summed E-state index contributed by atoms with van der Waals surface area (Å²) in [4.78, 5) is 43.1. The van der Waals surface area contributed by atoms with E-state index in [1.807, 2.05) is 0 Å². The van der Waals surface area contributed by atoms with Crippen LogP contribution >= 0.6 is 0 Å². The van der Waals surface area contributed by atoms with Gasteiger partial charge < -0.3 is 25.5 Å². The molecule has 11 heteroatoms. The van der Waals surface area contributed by atoms with Gasteiger partial charge in [0.1, 0.15) is 0 Å². The first-order valence-corrected chi connectivity index (χ1v) is 13.1. The zero-order valence-corrected chi connectivity index (χ0v) is 22.6. The standard InChI is InChI=1S/C22H28N2O.2C4H4O4/c25-22(21-10-9-19-7-4-8-20(19)15-21)17-24-13-11-23(12-14-24)16-18-5-2-1-3-6-18;2*5-3(6)1-2-4(7)8/h1-3,5-6,9-10,15,22,25H,4,7-8,11-14,16-17H2;2*1-2H,(H,5,6)(H,7,8)/b;2*2-1-. The van der Waals surface area contributed by atoms with Gasteiger partial charge in [-0.15, -0.1) is 0 Å². The lowest BCUT2D eigenvalue weighted by Gasteiger charge is -2.35. The quantitative estimate of drug-likeness (QED) is 0.281. The van der Waals surface area contributed by atoms with Crippen molar-refractivity contribution in [3.8, 4) is 0 Å². The monoisotopic (exact) mass is 568 g/mol. The number of piperazine rings is 1. The van der Waals surface area contributed by atoms with E-state index in [4.69, 9.17) is 20.4 Å². The molecule has 1 aliphatic heterocycles. The van der Waals surface area contributed by atoms with Crippen molar-refractivity contribution in [2.75, 3.05) is 32.7 Å². The van der Waals surface area contributed by atoms with Crippen molar-refractivity contribution in [2.24, 2.45) is 0 Å². The molecule has 0 radical (unpaired) electrons. The first-order valence-electron chi connectivity index (χ1n) is 13.1. The Bertz CT molecular complexity index is 1150. The topological polar surface area (TPSA) is 176 Å². The van der Waals surface area contributed by atoms with Crippen molar-refractivity contribution in [3.05, 3.63) is 95.1 Å². The minimum absolute atomic E-state index is 0.369. The molecule has 1 aliphatic carbocycles. The van der Waals surface area contributed by atoms with Crippen molar-refractivity contribution in [2.45, 2.75) is 31.9 Å². The Hall–Kier alpha value is -4.32. The van der Waals surface area contributed by atoms with Crippen LogP contribution in [0.3, 0.4) is 0 Å². The van der Waals surface area contributed by atoms with E-state index in [9.17, 15) is 24.3 Å². The maximum Gasteiger partial charge on any atom is 0.328 e. The number of aliphatic hydroxyl groups is 1. The number of carboxylic acid groups (broad SMARTS) is 4. The molecule has 1 unspecified atom stereocenters. The van der Waals surface area contributed by atoms with E-state index in [-0.39, 0.29) is 6.10 Å². The highest BCUT2D eigenvalue weighted by molar-refractivity contribution is 5.90. The molecule has 2 aliphatic rings. The fraction of sp³-hybridized carbons (Fsp3) is 0.333. The number of nitrogens with zero attached hydrogens (tertiary/aromatic N) is 2. The van der Waals surface area contributed by atoms with E-state index < -0.39 is 23.9 Å². The van der Waals surface area contributed by atoms with Gasteiger partial charge in [-0.3, -0.25) is 9.80 Å². The highest BCUT2D eigenvalue weighted by Gasteiger charge is 2.21. The van der Waals surface area contributed by atoms with E-state index in [1.165, 1.54) is 36.0 Å². The summed E-state index contributed by atoms with van der Waals surface area (Å²) >= 11 is 0. The number of aliphatic hydroxyl groups excluding tert-OH is 1. The smallest absolute Gasteiger partial charge is 0.328 e. The van der Waals surface area contributed by atoms with Crippen LogP contribution in [0, 0.1) is 0 Å². The summed E-state index contributed by atoms with van der Waals surface area (Å²) in [5.74, 6) is -5.03. The molecule has 4 rings (SSSR count). The minimum atomic E-state index is -1.26. The molecule has 5 N–H and O–H groups in total. The lowest BCUT2D eigenvalue weighted by atomic mass is 10.0. The van der Waals surface area contributed by atoms with Gasteiger partial charge in [0, 0.05) is 63.6 Å². The van der Waals surface area contributed by atoms with Gasteiger partial charge in [0.15, 0.2) is 0 Å². The third kappa shape index (κ3) is 13.5. The number of β-amino-alcohol motifs (C(OH)–C–C–N with tert-alkyl or cyclic N) is 1. The number of aryl methyl sites for hydroxylation is 2. The summed E-state index contributed by atoms with van der Waals surface area (Å²) in [5.41, 5.74) is 5.40. The van der Waals surface area contributed by atoms with Crippen LogP contribution in [0.1, 0.15) is 34.8 Å². The molecule has 1 saturated heterocycles. The lowest BCUT2D eigenvalue weighted by molar-refractivity contribution is -0.134. The first-order chi connectivity index (χ1) is 19.5.